The molecule has 1 saturated carbocycles. The molecule has 0 atom stereocenters. The zero-order chi connectivity index (χ0) is 20.0. The molecule has 1 spiro atoms. The van der Waals surface area contributed by atoms with Crippen molar-refractivity contribution in [2.45, 2.75) is 32.3 Å². The number of benzene rings is 2. The summed E-state index contributed by atoms with van der Waals surface area (Å²) in [5.41, 5.74) is 3.96. The van der Waals surface area contributed by atoms with Crippen LogP contribution in [0, 0.1) is 11.3 Å². The van der Waals surface area contributed by atoms with Crippen molar-refractivity contribution in [1.29, 1.82) is 0 Å². The number of hydrogen-bond donors (Lipinski definition) is 0. The van der Waals surface area contributed by atoms with Crippen LogP contribution < -0.4 is 4.74 Å². The predicted octanol–water partition coefficient (Wildman–Crippen LogP) is 4.88. The highest BCUT2D eigenvalue weighted by atomic mass is 35.5. The van der Waals surface area contributed by atoms with E-state index in [1.54, 1.807) is 6.07 Å². The molecule has 0 unspecified atom stereocenters. The Hall–Kier alpha value is -1.75. The van der Waals surface area contributed by atoms with Gasteiger partial charge in [-0.3, -0.25) is 9.69 Å². The zero-order valence-corrected chi connectivity index (χ0v) is 17.6. The van der Waals surface area contributed by atoms with Crippen LogP contribution in [-0.4, -0.2) is 30.7 Å². The standard InChI is InChI=1S/C23H23Cl2NO3/c24-19-5-3-17(21(25)8-19)11-28-20-6-4-16-9-23(10-18(16)7-20)12-26(13-23)14-29-22(27)15-1-2-15/h3-8,15H,1-2,9-14H2. The van der Waals surface area contributed by atoms with E-state index in [0.29, 0.717) is 23.4 Å². The SMILES string of the molecule is O=C(OCN1CC2(Cc3ccc(OCc4ccc(Cl)cc4Cl)cc3C2)C1)C1CC1. The summed E-state index contributed by atoms with van der Waals surface area (Å²) in [7, 11) is 0. The normalized spacial score (nSPS) is 19.7. The first-order chi connectivity index (χ1) is 14.0. The summed E-state index contributed by atoms with van der Waals surface area (Å²) < 4.78 is 11.4. The smallest absolute Gasteiger partial charge is 0.310 e. The van der Waals surface area contributed by atoms with Crippen molar-refractivity contribution < 1.29 is 14.3 Å². The Balaban J connectivity index is 1.15. The average molecular weight is 432 g/mol. The monoisotopic (exact) mass is 431 g/mol. The minimum atomic E-state index is -0.0248. The summed E-state index contributed by atoms with van der Waals surface area (Å²) in [6.45, 7) is 2.82. The van der Waals surface area contributed by atoms with Crippen LogP contribution in [-0.2, 0) is 29.0 Å². The van der Waals surface area contributed by atoms with E-state index in [0.717, 1.165) is 50.1 Å². The van der Waals surface area contributed by atoms with Gasteiger partial charge in [0.1, 0.15) is 19.1 Å². The molecule has 1 saturated heterocycles. The molecule has 2 aliphatic carbocycles. The number of likely N-dealkylation sites (tertiary alicyclic amines) is 1. The van der Waals surface area contributed by atoms with Gasteiger partial charge in [-0.15, -0.1) is 0 Å². The van der Waals surface area contributed by atoms with Crippen LogP contribution in [0.1, 0.15) is 29.5 Å². The van der Waals surface area contributed by atoms with Crippen molar-refractivity contribution in [2.24, 2.45) is 11.3 Å². The maximum atomic E-state index is 11.7. The lowest BCUT2D eigenvalue weighted by atomic mass is 9.77. The first-order valence-electron chi connectivity index (χ1n) is 10.1. The quantitative estimate of drug-likeness (QED) is 0.610. The van der Waals surface area contributed by atoms with Gasteiger partial charge >= 0.3 is 5.97 Å². The molecule has 3 aliphatic rings. The van der Waals surface area contributed by atoms with E-state index in [9.17, 15) is 4.79 Å². The predicted molar refractivity (Wildman–Crippen MR) is 112 cm³/mol. The summed E-state index contributed by atoms with van der Waals surface area (Å²) in [5.74, 6) is 1.01. The summed E-state index contributed by atoms with van der Waals surface area (Å²) in [5, 5.41) is 1.24. The van der Waals surface area contributed by atoms with Crippen molar-refractivity contribution in [1.82, 2.24) is 4.90 Å². The molecule has 1 heterocycles. The molecule has 4 nitrogen and oxygen atoms in total. The van der Waals surface area contributed by atoms with Gasteiger partial charge in [0.05, 0.1) is 5.92 Å². The van der Waals surface area contributed by atoms with E-state index in [-0.39, 0.29) is 17.3 Å². The average Bonchev–Trinajstić information content (AvgIpc) is 3.44. The molecule has 2 aromatic carbocycles. The first kappa shape index (κ1) is 19.2. The van der Waals surface area contributed by atoms with Crippen molar-refractivity contribution in [3.63, 3.8) is 0 Å². The number of nitrogens with zero attached hydrogens (tertiary/aromatic N) is 1. The number of carbonyl (C=O) groups is 1. The number of carbonyl (C=O) groups excluding carboxylic acids is 1. The number of esters is 1. The molecule has 0 radical (unpaired) electrons. The van der Waals surface area contributed by atoms with E-state index in [1.165, 1.54) is 11.1 Å². The lowest BCUT2D eigenvalue weighted by Crippen LogP contribution is -2.57. The molecule has 0 N–H and O–H groups in total. The minimum Gasteiger partial charge on any atom is -0.489 e. The van der Waals surface area contributed by atoms with Crippen molar-refractivity contribution in [3.05, 3.63) is 63.1 Å². The van der Waals surface area contributed by atoms with Gasteiger partial charge in [0.15, 0.2) is 0 Å². The summed E-state index contributed by atoms with van der Waals surface area (Å²) in [6.07, 6.45) is 4.12. The number of hydrogen-bond acceptors (Lipinski definition) is 4. The summed E-state index contributed by atoms with van der Waals surface area (Å²) in [6, 6.07) is 11.8. The van der Waals surface area contributed by atoms with Gasteiger partial charge in [0.2, 0.25) is 0 Å². The van der Waals surface area contributed by atoms with Gasteiger partial charge in [0.25, 0.3) is 0 Å². The highest BCUT2D eigenvalue weighted by Crippen LogP contribution is 2.45. The Bertz CT molecular complexity index is 951. The van der Waals surface area contributed by atoms with Crippen LogP contribution in [0.5, 0.6) is 5.75 Å². The van der Waals surface area contributed by atoms with Crippen LogP contribution in [0.2, 0.25) is 10.0 Å². The summed E-state index contributed by atoms with van der Waals surface area (Å²) in [4.78, 5) is 13.9. The van der Waals surface area contributed by atoms with Crippen LogP contribution >= 0.6 is 23.2 Å². The zero-order valence-electron chi connectivity index (χ0n) is 16.1. The second-order valence-corrected chi connectivity index (χ2v) is 9.51. The topological polar surface area (TPSA) is 38.8 Å². The maximum Gasteiger partial charge on any atom is 0.310 e. The molecule has 0 aromatic heterocycles. The van der Waals surface area contributed by atoms with Crippen LogP contribution in [0.15, 0.2) is 36.4 Å². The molecule has 0 amide bonds. The Kier molecular flexibility index (Phi) is 4.97. The molecule has 1 aliphatic heterocycles. The third kappa shape index (κ3) is 4.11. The third-order valence-electron chi connectivity index (χ3n) is 6.14. The molecule has 0 bridgehead atoms. The molecule has 152 valence electrons. The number of rotatable bonds is 6. The molecular weight excluding hydrogens is 409 g/mol. The Morgan fingerprint density at radius 2 is 1.86 bits per heavy atom. The van der Waals surface area contributed by atoms with Gasteiger partial charge in [0, 0.05) is 34.1 Å². The summed E-state index contributed by atoms with van der Waals surface area (Å²) >= 11 is 12.2. The van der Waals surface area contributed by atoms with Crippen molar-refractivity contribution >= 4 is 29.2 Å². The fourth-order valence-electron chi connectivity index (χ4n) is 4.51. The molecule has 5 rings (SSSR count). The molecule has 6 heteroatoms. The van der Waals surface area contributed by atoms with Gasteiger partial charge in [-0.05, 0) is 61.1 Å². The first-order valence-corrected chi connectivity index (χ1v) is 10.8. The van der Waals surface area contributed by atoms with Crippen molar-refractivity contribution in [3.8, 4) is 5.75 Å². The Labute approximate surface area is 180 Å². The number of ether oxygens (including phenoxy) is 2. The highest BCUT2D eigenvalue weighted by molar-refractivity contribution is 6.35. The second-order valence-electron chi connectivity index (χ2n) is 8.66. The van der Waals surface area contributed by atoms with E-state index in [2.05, 4.69) is 17.0 Å². The highest BCUT2D eigenvalue weighted by Gasteiger charge is 2.47. The number of halogens is 2. The molecular formula is C23H23Cl2NO3. The molecule has 29 heavy (non-hydrogen) atoms. The maximum absolute atomic E-state index is 11.7. The van der Waals surface area contributed by atoms with Gasteiger partial charge in [-0.2, -0.15) is 0 Å². The van der Waals surface area contributed by atoms with Crippen molar-refractivity contribution in [2.75, 3.05) is 19.8 Å². The third-order valence-corrected chi connectivity index (χ3v) is 6.72. The van der Waals surface area contributed by atoms with E-state index >= 15 is 0 Å². The lowest BCUT2D eigenvalue weighted by Gasteiger charge is -2.47. The Morgan fingerprint density at radius 3 is 2.62 bits per heavy atom. The van der Waals surface area contributed by atoms with E-state index in [4.69, 9.17) is 32.7 Å². The van der Waals surface area contributed by atoms with Crippen LogP contribution in [0.3, 0.4) is 0 Å². The second kappa shape index (κ2) is 7.50. The molecule has 2 fully saturated rings. The van der Waals surface area contributed by atoms with Crippen LogP contribution in [0.4, 0.5) is 0 Å². The molecule has 2 aromatic rings. The fourth-order valence-corrected chi connectivity index (χ4v) is 4.97. The minimum absolute atomic E-state index is 0.0248. The van der Waals surface area contributed by atoms with Gasteiger partial charge < -0.3 is 9.47 Å². The van der Waals surface area contributed by atoms with Gasteiger partial charge in [-0.25, -0.2) is 0 Å². The largest absolute Gasteiger partial charge is 0.489 e. The van der Waals surface area contributed by atoms with E-state index in [1.807, 2.05) is 18.2 Å². The fraction of sp³-hybridized carbons (Fsp3) is 0.435. The Morgan fingerprint density at radius 1 is 1.07 bits per heavy atom. The number of fused-ring (bicyclic) bond motifs is 1. The van der Waals surface area contributed by atoms with Crippen LogP contribution in [0.25, 0.3) is 0 Å². The van der Waals surface area contributed by atoms with E-state index < -0.39 is 0 Å². The lowest BCUT2D eigenvalue weighted by molar-refractivity contribution is -0.156. The van der Waals surface area contributed by atoms with Gasteiger partial charge in [-0.1, -0.05) is 35.3 Å².